The third kappa shape index (κ3) is 3.04. The monoisotopic (exact) mass is 263 g/mol. The minimum Gasteiger partial charge on any atom is -0.465 e. The molecule has 104 valence electrons. The highest BCUT2D eigenvalue weighted by molar-refractivity contribution is 5.90. The van der Waals surface area contributed by atoms with Crippen LogP contribution in [0.1, 0.15) is 30.1 Å². The van der Waals surface area contributed by atoms with Crippen molar-refractivity contribution >= 4 is 11.8 Å². The molecule has 19 heavy (non-hydrogen) atoms. The van der Waals surface area contributed by atoms with Crippen LogP contribution < -0.4 is 10.6 Å². The van der Waals surface area contributed by atoms with Gasteiger partial charge in [0.15, 0.2) is 0 Å². The van der Waals surface area contributed by atoms with Crippen LogP contribution in [0.5, 0.6) is 0 Å². The molecule has 2 heterocycles. The van der Waals surface area contributed by atoms with E-state index in [1.165, 1.54) is 7.11 Å². The molecule has 2 atom stereocenters. The number of pyridine rings is 1. The molecule has 0 amide bonds. The number of methoxy groups -OCH3 is 1. The van der Waals surface area contributed by atoms with E-state index in [0.717, 1.165) is 25.2 Å². The third-order valence-corrected chi connectivity index (χ3v) is 3.77. The summed E-state index contributed by atoms with van der Waals surface area (Å²) in [5.41, 5.74) is 6.30. The molecule has 0 saturated carbocycles. The third-order valence-electron chi connectivity index (χ3n) is 3.77. The van der Waals surface area contributed by atoms with Crippen LogP contribution in [0, 0.1) is 5.92 Å². The van der Waals surface area contributed by atoms with Gasteiger partial charge in [-0.3, -0.25) is 0 Å². The smallest absolute Gasteiger partial charge is 0.338 e. The Hall–Kier alpha value is -1.62. The Morgan fingerprint density at radius 2 is 2.37 bits per heavy atom. The molecule has 0 radical (unpaired) electrons. The fourth-order valence-corrected chi connectivity index (χ4v) is 2.51. The highest BCUT2D eigenvalue weighted by Crippen LogP contribution is 2.26. The van der Waals surface area contributed by atoms with Crippen molar-refractivity contribution in [1.29, 1.82) is 0 Å². The number of hydrogen-bond acceptors (Lipinski definition) is 5. The van der Waals surface area contributed by atoms with Gasteiger partial charge in [0, 0.05) is 18.8 Å². The number of hydrogen-bond donors (Lipinski definition) is 1. The van der Waals surface area contributed by atoms with Gasteiger partial charge in [0.25, 0.3) is 0 Å². The van der Waals surface area contributed by atoms with Gasteiger partial charge in [-0.1, -0.05) is 0 Å². The molecule has 1 saturated heterocycles. The Kier molecular flexibility index (Phi) is 4.37. The maximum atomic E-state index is 11.6. The zero-order valence-electron chi connectivity index (χ0n) is 11.5. The van der Waals surface area contributed by atoms with E-state index in [4.69, 9.17) is 10.5 Å². The summed E-state index contributed by atoms with van der Waals surface area (Å²) in [6.07, 6.45) is 3.91. The molecule has 2 N–H and O–H groups in total. The largest absolute Gasteiger partial charge is 0.465 e. The minimum absolute atomic E-state index is 0.330. The van der Waals surface area contributed by atoms with Gasteiger partial charge in [-0.05, 0) is 44.4 Å². The van der Waals surface area contributed by atoms with E-state index in [2.05, 4.69) is 16.8 Å². The Bertz CT molecular complexity index is 450. The zero-order chi connectivity index (χ0) is 13.8. The fourth-order valence-electron chi connectivity index (χ4n) is 2.51. The summed E-state index contributed by atoms with van der Waals surface area (Å²) in [5.74, 6) is 0.997. The summed E-state index contributed by atoms with van der Waals surface area (Å²) in [6, 6.07) is 3.88. The molecule has 1 aromatic rings. The number of piperidine rings is 1. The number of carbonyl (C=O) groups is 1. The Morgan fingerprint density at radius 1 is 1.58 bits per heavy atom. The summed E-state index contributed by atoms with van der Waals surface area (Å²) in [4.78, 5) is 18.2. The Labute approximate surface area is 113 Å². The number of carbonyl (C=O) groups excluding carboxylic acids is 1. The standard InChI is InChI=1S/C14H21N3O2/c1-10-3-4-11(8-15)9-17(10)13-7-12(5-6-16-13)14(18)19-2/h5-7,10-11H,3-4,8-9,15H2,1-2H3. The van der Waals surface area contributed by atoms with Gasteiger partial charge in [0.2, 0.25) is 0 Å². The van der Waals surface area contributed by atoms with Gasteiger partial charge in [0.05, 0.1) is 12.7 Å². The molecule has 5 nitrogen and oxygen atoms in total. The first-order valence-corrected chi connectivity index (χ1v) is 6.66. The summed E-state index contributed by atoms with van der Waals surface area (Å²) in [6.45, 7) is 3.77. The van der Waals surface area contributed by atoms with Crippen LogP contribution in [0.15, 0.2) is 18.3 Å². The predicted octanol–water partition coefficient (Wildman–Crippen LogP) is 1.43. The van der Waals surface area contributed by atoms with Gasteiger partial charge in [0.1, 0.15) is 5.82 Å². The van der Waals surface area contributed by atoms with Gasteiger partial charge in [-0.15, -0.1) is 0 Å². The fraction of sp³-hybridized carbons (Fsp3) is 0.571. The van der Waals surface area contributed by atoms with E-state index < -0.39 is 0 Å². The van der Waals surface area contributed by atoms with E-state index in [-0.39, 0.29) is 5.97 Å². The van der Waals surface area contributed by atoms with Gasteiger partial charge >= 0.3 is 5.97 Å². The van der Waals surface area contributed by atoms with Crippen LogP contribution in [0.4, 0.5) is 5.82 Å². The predicted molar refractivity (Wildman–Crippen MR) is 74.2 cm³/mol. The molecule has 0 aliphatic carbocycles. The SMILES string of the molecule is COC(=O)c1ccnc(N2CC(CN)CCC2C)c1. The highest BCUT2D eigenvalue weighted by Gasteiger charge is 2.26. The maximum Gasteiger partial charge on any atom is 0.338 e. The van der Waals surface area contributed by atoms with Crippen molar-refractivity contribution < 1.29 is 9.53 Å². The Balaban J connectivity index is 2.22. The molecule has 1 aromatic heterocycles. The molecule has 5 heteroatoms. The zero-order valence-corrected chi connectivity index (χ0v) is 11.5. The van der Waals surface area contributed by atoms with Crippen molar-refractivity contribution in [3.63, 3.8) is 0 Å². The number of ether oxygens (including phenoxy) is 1. The van der Waals surface area contributed by atoms with Crippen molar-refractivity contribution in [2.45, 2.75) is 25.8 Å². The van der Waals surface area contributed by atoms with E-state index in [1.54, 1.807) is 18.3 Å². The molecule has 1 aliphatic rings. The van der Waals surface area contributed by atoms with Gasteiger partial charge < -0.3 is 15.4 Å². The molecule has 2 unspecified atom stereocenters. The second kappa shape index (κ2) is 6.02. The van der Waals surface area contributed by atoms with E-state index >= 15 is 0 Å². The number of esters is 1. The van der Waals surface area contributed by atoms with Gasteiger partial charge in [-0.2, -0.15) is 0 Å². The number of nitrogens with zero attached hydrogens (tertiary/aromatic N) is 2. The number of nitrogens with two attached hydrogens (primary N) is 1. The average molecular weight is 263 g/mol. The second-order valence-electron chi connectivity index (χ2n) is 5.07. The van der Waals surface area contributed by atoms with E-state index in [0.29, 0.717) is 24.1 Å². The minimum atomic E-state index is -0.330. The topological polar surface area (TPSA) is 68.5 Å². The molecule has 0 spiro atoms. The molecule has 1 aliphatic heterocycles. The van der Waals surface area contributed by atoms with Crippen LogP contribution in [0.2, 0.25) is 0 Å². The molecular formula is C14H21N3O2. The summed E-state index contributed by atoms with van der Waals surface area (Å²) < 4.78 is 4.74. The van der Waals surface area contributed by atoms with Crippen molar-refractivity contribution in [3.05, 3.63) is 23.9 Å². The average Bonchev–Trinajstić information content (AvgIpc) is 2.47. The van der Waals surface area contributed by atoms with Gasteiger partial charge in [-0.25, -0.2) is 9.78 Å². The molecule has 0 aromatic carbocycles. The van der Waals surface area contributed by atoms with Crippen LogP contribution in [-0.4, -0.2) is 37.2 Å². The van der Waals surface area contributed by atoms with Crippen molar-refractivity contribution in [2.75, 3.05) is 25.1 Å². The lowest BCUT2D eigenvalue weighted by atomic mass is 9.93. The number of rotatable bonds is 3. The van der Waals surface area contributed by atoms with Crippen molar-refractivity contribution in [1.82, 2.24) is 4.98 Å². The van der Waals surface area contributed by atoms with Crippen molar-refractivity contribution in [2.24, 2.45) is 11.7 Å². The van der Waals surface area contributed by atoms with Crippen molar-refractivity contribution in [3.8, 4) is 0 Å². The second-order valence-corrected chi connectivity index (χ2v) is 5.07. The Morgan fingerprint density at radius 3 is 3.05 bits per heavy atom. The highest BCUT2D eigenvalue weighted by atomic mass is 16.5. The number of aromatic nitrogens is 1. The van der Waals surface area contributed by atoms with Crippen LogP contribution >= 0.6 is 0 Å². The lowest BCUT2D eigenvalue weighted by Crippen LogP contribution is -2.44. The quantitative estimate of drug-likeness (QED) is 0.836. The first-order valence-electron chi connectivity index (χ1n) is 6.66. The molecule has 0 bridgehead atoms. The maximum absolute atomic E-state index is 11.6. The molecule has 1 fully saturated rings. The normalized spacial score (nSPS) is 23.2. The number of anilines is 1. The first-order chi connectivity index (χ1) is 9.15. The van der Waals surface area contributed by atoms with Crippen LogP contribution in [0.3, 0.4) is 0 Å². The summed E-state index contributed by atoms with van der Waals surface area (Å²) >= 11 is 0. The summed E-state index contributed by atoms with van der Waals surface area (Å²) in [7, 11) is 1.39. The van der Waals surface area contributed by atoms with E-state index in [1.807, 2.05) is 0 Å². The van der Waals surface area contributed by atoms with E-state index in [9.17, 15) is 4.79 Å². The lowest BCUT2D eigenvalue weighted by molar-refractivity contribution is 0.0600. The molecule has 2 rings (SSSR count). The lowest BCUT2D eigenvalue weighted by Gasteiger charge is -2.38. The summed E-state index contributed by atoms with van der Waals surface area (Å²) in [5, 5.41) is 0. The first kappa shape index (κ1) is 13.8. The van der Waals surface area contributed by atoms with Crippen LogP contribution in [0.25, 0.3) is 0 Å². The molecular weight excluding hydrogens is 242 g/mol. The van der Waals surface area contributed by atoms with Crippen LogP contribution in [-0.2, 0) is 4.74 Å².